The minimum absolute atomic E-state index is 0.0459. The van der Waals surface area contributed by atoms with E-state index in [2.05, 4.69) is 0 Å². The summed E-state index contributed by atoms with van der Waals surface area (Å²) < 4.78 is 29.4. The first-order valence-electron chi connectivity index (χ1n) is 9.06. The molecule has 3 aliphatic carbocycles. The molecule has 0 aromatic rings. The zero-order valence-electron chi connectivity index (χ0n) is 14.0. The summed E-state index contributed by atoms with van der Waals surface area (Å²) in [6, 6.07) is 0. The van der Waals surface area contributed by atoms with Crippen LogP contribution in [-0.4, -0.2) is 42.1 Å². The number of hydrogen-bond acceptors (Lipinski definition) is 6. The van der Waals surface area contributed by atoms with Crippen molar-refractivity contribution in [2.45, 2.75) is 43.8 Å². The van der Waals surface area contributed by atoms with Gasteiger partial charge in [-0.15, -0.1) is 9.35 Å². The summed E-state index contributed by atoms with van der Waals surface area (Å²) >= 11 is 1.65. The van der Waals surface area contributed by atoms with Crippen LogP contribution in [0.2, 0.25) is 0 Å². The van der Waals surface area contributed by atoms with Gasteiger partial charge in [0.05, 0.1) is 17.6 Å². The van der Waals surface area contributed by atoms with Crippen LogP contribution in [0.5, 0.6) is 0 Å². The number of amides is 2. The highest BCUT2D eigenvalue weighted by atomic mass is 32.2. The number of rotatable bonds is 6. The van der Waals surface area contributed by atoms with Gasteiger partial charge < -0.3 is 0 Å². The second-order valence-corrected chi connectivity index (χ2v) is 10.5. The Morgan fingerprint density at radius 1 is 1.04 bits per heavy atom. The molecule has 2 amide bonds. The third-order valence-corrected chi connectivity index (χ3v) is 8.58. The molecule has 0 N–H and O–H groups in total. The van der Waals surface area contributed by atoms with Crippen molar-refractivity contribution >= 4 is 33.7 Å². The second-order valence-electron chi connectivity index (χ2n) is 7.44. The fourth-order valence-electron chi connectivity index (χ4n) is 4.65. The Bertz CT molecular complexity index is 668. The van der Waals surface area contributed by atoms with Crippen LogP contribution in [0.15, 0.2) is 12.2 Å². The Morgan fingerprint density at radius 2 is 1.64 bits per heavy atom. The van der Waals surface area contributed by atoms with E-state index in [0.717, 1.165) is 19.3 Å². The Hall–Kier alpha value is -0.860. The smallest absolute Gasteiger partial charge is 0.272 e. The monoisotopic (exact) mass is 385 g/mol. The minimum atomic E-state index is -3.93. The Balaban J connectivity index is 1.33. The first-order valence-corrected chi connectivity index (χ1v) is 11.7. The third kappa shape index (κ3) is 3.28. The lowest BCUT2D eigenvalue weighted by atomic mass is 9.85. The molecule has 25 heavy (non-hydrogen) atoms. The van der Waals surface area contributed by atoms with E-state index in [1.807, 2.05) is 12.2 Å². The van der Waals surface area contributed by atoms with Crippen molar-refractivity contribution < 1.29 is 22.3 Å². The van der Waals surface area contributed by atoms with Crippen molar-refractivity contribution in [2.24, 2.45) is 23.7 Å². The van der Waals surface area contributed by atoms with Gasteiger partial charge in [0.2, 0.25) is 0 Å². The molecule has 4 unspecified atom stereocenters. The molecule has 2 saturated carbocycles. The maximum absolute atomic E-state index is 12.5. The van der Waals surface area contributed by atoms with Gasteiger partial charge in [0.15, 0.2) is 0 Å². The van der Waals surface area contributed by atoms with Gasteiger partial charge >= 0.3 is 0 Å². The van der Waals surface area contributed by atoms with Crippen LogP contribution < -0.4 is 0 Å². The van der Waals surface area contributed by atoms with Gasteiger partial charge in [-0.25, -0.2) is 0 Å². The fraction of sp³-hybridized carbons (Fsp3) is 0.765. The van der Waals surface area contributed by atoms with Gasteiger partial charge in [0.25, 0.3) is 21.9 Å². The maximum atomic E-state index is 12.5. The van der Waals surface area contributed by atoms with Crippen molar-refractivity contribution in [1.82, 2.24) is 5.06 Å². The van der Waals surface area contributed by atoms with Crippen LogP contribution in [0.4, 0.5) is 0 Å². The van der Waals surface area contributed by atoms with E-state index in [9.17, 15) is 18.0 Å². The number of imide groups is 1. The number of fused-ring (bicyclic) bond motifs is 5. The fourth-order valence-corrected chi connectivity index (χ4v) is 7.30. The second kappa shape index (κ2) is 6.70. The van der Waals surface area contributed by atoms with E-state index < -0.39 is 33.8 Å². The Morgan fingerprint density at radius 3 is 2.24 bits per heavy atom. The number of carbonyl (C=O) groups excluding carboxylic acids is 2. The van der Waals surface area contributed by atoms with E-state index in [0.29, 0.717) is 16.1 Å². The molecule has 0 spiro atoms. The summed E-state index contributed by atoms with van der Waals surface area (Å²) in [5.41, 5.74) is 0. The van der Waals surface area contributed by atoms with Crippen LogP contribution in [0, 0.1) is 23.7 Å². The zero-order chi connectivity index (χ0) is 17.6. The van der Waals surface area contributed by atoms with Gasteiger partial charge in [-0.3, -0.25) is 9.59 Å². The largest absolute Gasteiger partial charge is 0.289 e. The van der Waals surface area contributed by atoms with Crippen molar-refractivity contribution in [1.29, 1.82) is 0 Å². The molecule has 0 aromatic carbocycles. The lowest BCUT2D eigenvalue weighted by Crippen LogP contribution is -2.36. The third-order valence-electron chi connectivity index (χ3n) is 5.86. The van der Waals surface area contributed by atoms with Crippen LogP contribution in [0.25, 0.3) is 0 Å². The molecule has 1 saturated heterocycles. The number of carbonyl (C=O) groups is 2. The van der Waals surface area contributed by atoms with E-state index in [1.54, 1.807) is 11.8 Å². The van der Waals surface area contributed by atoms with Gasteiger partial charge in [-0.1, -0.05) is 31.4 Å². The van der Waals surface area contributed by atoms with Crippen LogP contribution in [0.1, 0.15) is 38.5 Å². The number of thioether (sulfide) groups is 1. The standard InChI is InChI=1S/C17H23NO5S2/c19-16-14-11-6-7-12(10-11)15(14)17(20)18(16)23-25(21,22)9-8-24-13-4-2-1-3-5-13/h6-7,11-15H,1-5,8-10H2. The van der Waals surface area contributed by atoms with Crippen molar-refractivity contribution in [3.8, 4) is 0 Å². The molecule has 0 radical (unpaired) electrons. The molecule has 8 heteroatoms. The number of allylic oxidation sites excluding steroid dienone is 2. The number of hydroxylamine groups is 2. The minimum Gasteiger partial charge on any atom is -0.272 e. The lowest BCUT2D eigenvalue weighted by molar-refractivity contribution is -0.166. The molecule has 138 valence electrons. The van der Waals surface area contributed by atoms with Crippen LogP contribution >= 0.6 is 11.8 Å². The van der Waals surface area contributed by atoms with Crippen molar-refractivity contribution in [3.05, 3.63) is 12.2 Å². The Labute approximate surface area is 152 Å². The van der Waals surface area contributed by atoms with Crippen LogP contribution in [-0.2, 0) is 24.0 Å². The molecule has 1 heterocycles. The summed E-state index contributed by atoms with van der Waals surface area (Å²) in [6.45, 7) is 0. The van der Waals surface area contributed by atoms with E-state index >= 15 is 0 Å². The van der Waals surface area contributed by atoms with Crippen LogP contribution in [0.3, 0.4) is 0 Å². The number of nitrogens with zero attached hydrogens (tertiary/aromatic N) is 1. The number of hydrogen-bond donors (Lipinski definition) is 0. The molecule has 0 aromatic heterocycles. The molecule has 1 aliphatic heterocycles. The first-order chi connectivity index (χ1) is 12.0. The average Bonchev–Trinajstić information content (AvgIpc) is 3.26. The summed E-state index contributed by atoms with van der Waals surface area (Å²) in [4.78, 5) is 24.9. The van der Waals surface area contributed by atoms with E-state index in [-0.39, 0.29) is 17.6 Å². The summed E-state index contributed by atoms with van der Waals surface area (Å²) in [7, 11) is -3.93. The lowest BCUT2D eigenvalue weighted by Gasteiger charge is -2.21. The summed E-state index contributed by atoms with van der Waals surface area (Å²) in [6.07, 6.45) is 10.7. The van der Waals surface area contributed by atoms with E-state index in [1.165, 1.54) is 19.3 Å². The Kier molecular flexibility index (Phi) is 4.70. The normalized spacial score (nSPS) is 35.0. The van der Waals surface area contributed by atoms with Gasteiger partial charge in [-0.2, -0.15) is 20.2 Å². The topological polar surface area (TPSA) is 80.8 Å². The molecule has 3 fully saturated rings. The molecule has 4 atom stereocenters. The van der Waals surface area contributed by atoms with Gasteiger partial charge in [-0.05, 0) is 31.1 Å². The highest BCUT2D eigenvalue weighted by molar-refractivity contribution is 8.00. The molecule has 2 bridgehead atoms. The predicted octanol–water partition coefficient (Wildman–Crippen LogP) is 2.12. The highest BCUT2D eigenvalue weighted by Gasteiger charge is 2.60. The van der Waals surface area contributed by atoms with Crippen molar-refractivity contribution in [3.63, 3.8) is 0 Å². The molecular formula is C17H23NO5S2. The first kappa shape index (κ1) is 17.5. The highest BCUT2D eigenvalue weighted by Crippen LogP contribution is 2.52. The average molecular weight is 386 g/mol. The maximum Gasteiger partial charge on any atom is 0.289 e. The van der Waals surface area contributed by atoms with Crippen molar-refractivity contribution in [2.75, 3.05) is 11.5 Å². The molecule has 4 aliphatic rings. The SMILES string of the molecule is O=C1C2C3C=CC(C3)C2C(=O)N1OS(=O)(=O)CCSC1CCCCC1. The molecular weight excluding hydrogens is 362 g/mol. The summed E-state index contributed by atoms with van der Waals surface area (Å²) in [5, 5.41) is 1.04. The zero-order valence-corrected chi connectivity index (χ0v) is 15.6. The quantitative estimate of drug-likeness (QED) is 0.515. The summed E-state index contributed by atoms with van der Waals surface area (Å²) in [5.74, 6) is -1.50. The van der Waals surface area contributed by atoms with Gasteiger partial charge in [0.1, 0.15) is 0 Å². The predicted molar refractivity (Wildman–Crippen MR) is 93.8 cm³/mol. The van der Waals surface area contributed by atoms with Gasteiger partial charge in [0, 0.05) is 11.0 Å². The molecule has 6 nitrogen and oxygen atoms in total. The van der Waals surface area contributed by atoms with E-state index in [4.69, 9.17) is 4.28 Å². The molecule has 4 rings (SSSR count).